The van der Waals surface area contributed by atoms with Gasteiger partial charge < -0.3 is 16.4 Å². The van der Waals surface area contributed by atoms with Crippen molar-refractivity contribution in [3.8, 4) is 0 Å². The summed E-state index contributed by atoms with van der Waals surface area (Å²) in [7, 11) is 1.73. The molecule has 4 N–H and O–H groups in total. The number of aromatic nitrogens is 1. The van der Waals surface area contributed by atoms with E-state index in [1.165, 1.54) is 0 Å². The molecule has 0 unspecified atom stereocenters. The van der Waals surface area contributed by atoms with Gasteiger partial charge in [0.1, 0.15) is 0 Å². The molecule has 0 aliphatic heterocycles. The fourth-order valence-corrected chi connectivity index (χ4v) is 1.82. The van der Waals surface area contributed by atoms with E-state index >= 15 is 0 Å². The third-order valence-electron chi connectivity index (χ3n) is 2.80. The van der Waals surface area contributed by atoms with E-state index in [4.69, 9.17) is 11.5 Å². The first-order valence-electron chi connectivity index (χ1n) is 5.87. The summed E-state index contributed by atoms with van der Waals surface area (Å²) in [4.78, 5) is 17.9. The molecule has 2 aromatic rings. The van der Waals surface area contributed by atoms with Crippen LogP contribution in [0, 0.1) is 0 Å². The Kier molecular flexibility index (Phi) is 3.66. The summed E-state index contributed by atoms with van der Waals surface area (Å²) in [5, 5.41) is 0. The van der Waals surface area contributed by atoms with Crippen molar-refractivity contribution >= 4 is 17.3 Å². The second kappa shape index (κ2) is 5.39. The summed E-state index contributed by atoms with van der Waals surface area (Å²) in [5.41, 5.74) is 13.8. The number of anilines is 2. The minimum atomic E-state index is -0.138. The molecule has 5 heteroatoms. The molecule has 1 amide bonds. The molecule has 0 saturated heterocycles. The highest BCUT2D eigenvalue weighted by Crippen LogP contribution is 2.18. The van der Waals surface area contributed by atoms with E-state index in [1.54, 1.807) is 42.5 Å². The number of carbonyl (C=O) groups excluding carboxylic acids is 1. The van der Waals surface area contributed by atoms with Crippen LogP contribution in [0.1, 0.15) is 15.9 Å². The molecule has 0 aliphatic carbocycles. The van der Waals surface area contributed by atoms with Crippen molar-refractivity contribution in [2.75, 3.05) is 18.5 Å². The zero-order valence-corrected chi connectivity index (χ0v) is 10.7. The number of pyridine rings is 1. The van der Waals surface area contributed by atoms with Gasteiger partial charge in [0.15, 0.2) is 0 Å². The minimum absolute atomic E-state index is 0.138. The lowest BCUT2D eigenvalue weighted by Crippen LogP contribution is -2.27. The van der Waals surface area contributed by atoms with Gasteiger partial charge in [-0.05, 0) is 29.8 Å². The molecule has 0 atom stereocenters. The fraction of sp³-hybridized carbons (Fsp3) is 0.143. The Morgan fingerprint density at radius 2 is 2.11 bits per heavy atom. The topological polar surface area (TPSA) is 85.2 Å². The van der Waals surface area contributed by atoms with Crippen LogP contribution < -0.4 is 11.5 Å². The van der Waals surface area contributed by atoms with Crippen LogP contribution in [0.25, 0.3) is 0 Å². The Morgan fingerprint density at radius 1 is 1.32 bits per heavy atom. The van der Waals surface area contributed by atoms with Gasteiger partial charge in [-0.1, -0.05) is 6.07 Å². The van der Waals surface area contributed by atoms with E-state index in [0.29, 0.717) is 23.5 Å². The number of nitrogens with zero attached hydrogens (tertiary/aromatic N) is 2. The monoisotopic (exact) mass is 256 g/mol. The molecule has 0 fully saturated rings. The Morgan fingerprint density at radius 3 is 2.74 bits per heavy atom. The molecule has 0 aliphatic rings. The van der Waals surface area contributed by atoms with Crippen molar-refractivity contribution in [1.29, 1.82) is 0 Å². The number of hydrogen-bond acceptors (Lipinski definition) is 4. The average Bonchev–Trinajstić information content (AvgIpc) is 2.39. The first kappa shape index (κ1) is 12.9. The summed E-state index contributed by atoms with van der Waals surface area (Å²) in [6, 6.07) is 8.66. The molecule has 0 saturated carbocycles. The number of amides is 1. The first-order chi connectivity index (χ1) is 9.08. The second-order valence-corrected chi connectivity index (χ2v) is 4.37. The molecule has 19 heavy (non-hydrogen) atoms. The van der Waals surface area contributed by atoms with E-state index in [9.17, 15) is 4.79 Å². The lowest BCUT2D eigenvalue weighted by atomic mass is 10.1. The van der Waals surface area contributed by atoms with Crippen molar-refractivity contribution in [2.24, 2.45) is 0 Å². The van der Waals surface area contributed by atoms with Crippen molar-refractivity contribution < 1.29 is 4.79 Å². The Labute approximate surface area is 111 Å². The van der Waals surface area contributed by atoms with Crippen LogP contribution in [-0.2, 0) is 6.54 Å². The SMILES string of the molecule is CN(Cc1cccnc1)C(=O)c1ccc(N)cc1N. The van der Waals surface area contributed by atoms with Crippen LogP contribution >= 0.6 is 0 Å². The van der Waals surface area contributed by atoms with Gasteiger partial charge in [0.2, 0.25) is 0 Å². The van der Waals surface area contributed by atoms with Crippen LogP contribution in [0.5, 0.6) is 0 Å². The smallest absolute Gasteiger partial charge is 0.255 e. The standard InChI is InChI=1S/C14H16N4O/c1-18(9-10-3-2-6-17-8-10)14(19)12-5-4-11(15)7-13(12)16/h2-8H,9,15-16H2,1H3. The molecule has 1 aromatic carbocycles. The van der Waals surface area contributed by atoms with Gasteiger partial charge in [-0.3, -0.25) is 9.78 Å². The number of carbonyl (C=O) groups is 1. The van der Waals surface area contributed by atoms with Crippen LogP contribution in [0.3, 0.4) is 0 Å². The highest BCUT2D eigenvalue weighted by Gasteiger charge is 2.14. The lowest BCUT2D eigenvalue weighted by Gasteiger charge is -2.18. The van der Waals surface area contributed by atoms with Crippen molar-refractivity contribution in [2.45, 2.75) is 6.54 Å². The predicted molar refractivity (Wildman–Crippen MR) is 75.3 cm³/mol. The average molecular weight is 256 g/mol. The summed E-state index contributed by atoms with van der Waals surface area (Å²) < 4.78 is 0. The van der Waals surface area contributed by atoms with Crippen LogP contribution in [-0.4, -0.2) is 22.8 Å². The Bertz CT molecular complexity index is 583. The van der Waals surface area contributed by atoms with E-state index in [1.807, 2.05) is 12.1 Å². The molecule has 5 nitrogen and oxygen atoms in total. The second-order valence-electron chi connectivity index (χ2n) is 4.37. The van der Waals surface area contributed by atoms with Gasteiger partial charge in [-0.2, -0.15) is 0 Å². The summed E-state index contributed by atoms with van der Waals surface area (Å²) in [6.45, 7) is 0.483. The molecule has 1 aromatic heterocycles. The third kappa shape index (κ3) is 3.01. The van der Waals surface area contributed by atoms with Crippen molar-refractivity contribution in [3.63, 3.8) is 0 Å². The Hall–Kier alpha value is -2.56. The lowest BCUT2D eigenvalue weighted by molar-refractivity contribution is 0.0786. The molecular weight excluding hydrogens is 240 g/mol. The third-order valence-corrected chi connectivity index (χ3v) is 2.80. The first-order valence-corrected chi connectivity index (χ1v) is 5.87. The molecule has 1 heterocycles. The van der Waals surface area contributed by atoms with Crippen LogP contribution in [0.15, 0.2) is 42.7 Å². The number of nitrogens with two attached hydrogens (primary N) is 2. The van der Waals surface area contributed by atoms with Gasteiger partial charge in [0, 0.05) is 37.4 Å². The quantitative estimate of drug-likeness (QED) is 0.815. The number of hydrogen-bond donors (Lipinski definition) is 2. The van der Waals surface area contributed by atoms with E-state index in [-0.39, 0.29) is 5.91 Å². The van der Waals surface area contributed by atoms with Crippen molar-refractivity contribution in [3.05, 3.63) is 53.9 Å². The normalized spacial score (nSPS) is 10.2. The molecule has 0 spiro atoms. The van der Waals surface area contributed by atoms with Crippen molar-refractivity contribution in [1.82, 2.24) is 9.88 Å². The zero-order chi connectivity index (χ0) is 13.8. The summed E-state index contributed by atoms with van der Waals surface area (Å²) >= 11 is 0. The maximum Gasteiger partial charge on any atom is 0.255 e. The van der Waals surface area contributed by atoms with Gasteiger partial charge in [0.05, 0.1) is 5.56 Å². The highest BCUT2D eigenvalue weighted by atomic mass is 16.2. The van der Waals surface area contributed by atoms with E-state index in [2.05, 4.69) is 4.98 Å². The summed E-state index contributed by atoms with van der Waals surface area (Å²) in [5.74, 6) is -0.138. The molecular formula is C14H16N4O. The predicted octanol–water partition coefficient (Wildman–Crippen LogP) is 1.52. The molecule has 2 rings (SSSR count). The van der Waals surface area contributed by atoms with Gasteiger partial charge in [-0.15, -0.1) is 0 Å². The molecule has 0 bridgehead atoms. The minimum Gasteiger partial charge on any atom is -0.399 e. The van der Waals surface area contributed by atoms with Gasteiger partial charge in [0.25, 0.3) is 5.91 Å². The number of nitrogen functional groups attached to an aromatic ring is 2. The van der Waals surface area contributed by atoms with E-state index in [0.717, 1.165) is 5.56 Å². The zero-order valence-electron chi connectivity index (χ0n) is 10.7. The Balaban J connectivity index is 2.15. The van der Waals surface area contributed by atoms with Gasteiger partial charge in [-0.25, -0.2) is 0 Å². The van der Waals surface area contributed by atoms with Crippen LogP contribution in [0.4, 0.5) is 11.4 Å². The number of rotatable bonds is 3. The highest BCUT2D eigenvalue weighted by molar-refractivity contribution is 5.99. The fourth-order valence-electron chi connectivity index (χ4n) is 1.82. The van der Waals surface area contributed by atoms with E-state index < -0.39 is 0 Å². The maximum absolute atomic E-state index is 12.3. The molecule has 98 valence electrons. The van der Waals surface area contributed by atoms with Crippen LogP contribution in [0.2, 0.25) is 0 Å². The largest absolute Gasteiger partial charge is 0.399 e. The van der Waals surface area contributed by atoms with Gasteiger partial charge >= 0.3 is 0 Å². The number of benzene rings is 1. The maximum atomic E-state index is 12.3. The molecule has 0 radical (unpaired) electrons. The summed E-state index contributed by atoms with van der Waals surface area (Å²) in [6.07, 6.45) is 3.43.